The van der Waals surface area contributed by atoms with E-state index in [1.165, 1.54) is 17.6 Å². The SMILES string of the molecule is C=CCCCOCc1nsc2ccc(-n3c(=O)cc(C(F)(F)F)n(C)c3=O)cc12. The van der Waals surface area contributed by atoms with E-state index < -0.39 is 23.1 Å². The lowest BCUT2D eigenvalue weighted by Crippen LogP contribution is -2.40. The highest BCUT2D eigenvalue weighted by Gasteiger charge is 2.35. The Kier molecular flexibility index (Phi) is 6.04. The highest BCUT2D eigenvalue weighted by molar-refractivity contribution is 7.13. The molecule has 0 amide bonds. The van der Waals surface area contributed by atoms with Crippen molar-refractivity contribution in [3.63, 3.8) is 0 Å². The van der Waals surface area contributed by atoms with Crippen molar-refractivity contribution < 1.29 is 17.9 Å². The fraction of sp³-hybridized carbons (Fsp3) is 0.316. The Morgan fingerprint density at radius 3 is 2.72 bits per heavy atom. The Labute approximate surface area is 167 Å². The first-order valence-electron chi connectivity index (χ1n) is 8.71. The number of rotatable bonds is 7. The molecule has 0 fully saturated rings. The van der Waals surface area contributed by atoms with E-state index in [9.17, 15) is 22.8 Å². The number of alkyl halides is 3. The van der Waals surface area contributed by atoms with Crippen LogP contribution in [0, 0.1) is 0 Å². The van der Waals surface area contributed by atoms with Gasteiger partial charge in [-0.2, -0.15) is 17.5 Å². The lowest BCUT2D eigenvalue weighted by molar-refractivity contribution is -0.144. The molecular formula is C19H18F3N3O3S. The van der Waals surface area contributed by atoms with Gasteiger partial charge in [0.25, 0.3) is 5.56 Å². The molecule has 2 heterocycles. The van der Waals surface area contributed by atoms with Crippen molar-refractivity contribution in [3.05, 3.63) is 69.1 Å². The molecule has 0 atom stereocenters. The Balaban J connectivity index is 2.00. The first-order chi connectivity index (χ1) is 13.7. The zero-order valence-corrected chi connectivity index (χ0v) is 16.3. The van der Waals surface area contributed by atoms with Crippen LogP contribution in [0.5, 0.6) is 0 Å². The smallest absolute Gasteiger partial charge is 0.375 e. The summed E-state index contributed by atoms with van der Waals surface area (Å²) in [5.74, 6) is 0. The molecule has 3 rings (SSSR count). The topological polar surface area (TPSA) is 66.1 Å². The van der Waals surface area contributed by atoms with Crippen LogP contribution in [0.25, 0.3) is 15.8 Å². The van der Waals surface area contributed by atoms with Crippen LogP contribution in [-0.4, -0.2) is 20.1 Å². The van der Waals surface area contributed by atoms with E-state index >= 15 is 0 Å². The molecule has 0 saturated heterocycles. The molecule has 154 valence electrons. The van der Waals surface area contributed by atoms with Gasteiger partial charge in [-0.05, 0) is 42.6 Å². The normalized spacial score (nSPS) is 11.9. The minimum absolute atomic E-state index is 0.171. The van der Waals surface area contributed by atoms with Gasteiger partial charge in [0.05, 0.1) is 22.7 Å². The molecular weight excluding hydrogens is 407 g/mol. The zero-order chi connectivity index (χ0) is 21.2. The number of unbranched alkanes of at least 4 members (excludes halogenated alkanes) is 1. The van der Waals surface area contributed by atoms with Crippen LogP contribution in [-0.2, 0) is 24.6 Å². The molecule has 0 bridgehead atoms. The summed E-state index contributed by atoms with van der Waals surface area (Å²) in [5, 5.41) is 0.685. The Morgan fingerprint density at radius 2 is 2.03 bits per heavy atom. The van der Waals surface area contributed by atoms with Crippen LogP contribution < -0.4 is 11.2 Å². The van der Waals surface area contributed by atoms with Crippen LogP contribution in [0.15, 0.2) is 46.5 Å². The molecule has 29 heavy (non-hydrogen) atoms. The molecule has 0 radical (unpaired) electrons. The second-order valence-electron chi connectivity index (χ2n) is 6.34. The Morgan fingerprint density at radius 1 is 1.28 bits per heavy atom. The number of benzene rings is 1. The van der Waals surface area contributed by atoms with Crippen molar-refractivity contribution in [1.29, 1.82) is 0 Å². The van der Waals surface area contributed by atoms with Gasteiger partial charge in [-0.15, -0.1) is 6.58 Å². The van der Waals surface area contributed by atoms with Gasteiger partial charge in [0.1, 0.15) is 5.69 Å². The average Bonchev–Trinajstić information content (AvgIpc) is 3.06. The molecule has 10 heteroatoms. The maximum atomic E-state index is 13.0. The van der Waals surface area contributed by atoms with Crippen molar-refractivity contribution in [3.8, 4) is 5.69 Å². The Hall–Kier alpha value is -2.72. The minimum Gasteiger partial charge on any atom is -0.375 e. The van der Waals surface area contributed by atoms with Gasteiger partial charge < -0.3 is 4.74 Å². The van der Waals surface area contributed by atoms with Crippen molar-refractivity contribution >= 4 is 21.6 Å². The van der Waals surface area contributed by atoms with E-state index in [-0.39, 0.29) is 12.3 Å². The van der Waals surface area contributed by atoms with Crippen LogP contribution in [0.4, 0.5) is 13.2 Å². The summed E-state index contributed by atoms with van der Waals surface area (Å²) in [7, 11) is 0.980. The predicted molar refractivity (Wildman–Crippen MR) is 105 cm³/mol. The number of allylic oxidation sites excluding steroid dienone is 1. The summed E-state index contributed by atoms with van der Waals surface area (Å²) in [6.45, 7) is 4.42. The molecule has 2 aromatic heterocycles. The third kappa shape index (κ3) is 4.33. The quantitative estimate of drug-likeness (QED) is 0.428. The van der Waals surface area contributed by atoms with Crippen molar-refractivity contribution in [2.75, 3.05) is 6.61 Å². The standard InChI is InChI=1S/C19H18F3N3O3S/c1-3-4-5-8-28-11-14-13-9-12(6-7-15(13)29-23-14)25-17(26)10-16(19(20,21)22)24(2)18(25)27/h3,6-7,9-10H,1,4-5,8,11H2,2H3. The van der Waals surface area contributed by atoms with Gasteiger partial charge in [-0.1, -0.05) is 6.08 Å². The second-order valence-corrected chi connectivity index (χ2v) is 7.14. The number of ether oxygens (including phenoxy) is 1. The van der Waals surface area contributed by atoms with Gasteiger partial charge in [-0.25, -0.2) is 9.36 Å². The first kappa shape index (κ1) is 21.0. The van der Waals surface area contributed by atoms with Gasteiger partial charge in [0.15, 0.2) is 0 Å². The summed E-state index contributed by atoms with van der Waals surface area (Å²) < 4.78 is 50.9. The molecule has 0 N–H and O–H groups in total. The van der Waals surface area contributed by atoms with Crippen molar-refractivity contribution in [2.45, 2.75) is 25.6 Å². The molecule has 0 aliphatic rings. The summed E-state index contributed by atoms with van der Waals surface area (Å²) in [4.78, 5) is 24.8. The lowest BCUT2D eigenvalue weighted by atomic mass is 10.2. The average molecular weight is 425 g/mol. The van der Waals surface area contributed by atoms with E-state index in [2.05, 4.69) is 11.0 Å². The molecule has 0 unspecified atom stereocenters. The highest BCUT2D eigenvalue weighted by Crippen LogP contribution is 2.28. The summed E-state index contributed by atoms with van der Waals surface area (Å²) in [6.07, 6.45) is -1.34. The number of hydrogen-bond acceptors (Lipinski definition) is 5. The van der Waals surface area contributed by atoms with Gasteiger partial charge >= 0.3 is 11.9 Å². The van der Waals surface area contributed by atoms with Crippen LogP contribution in [0.3, 0.4) is 0 Å². The number of hydrogen-bond donors (Lipinski definition) is 0. The van der Waals surface area contributed by atoms with Crippen LogP contribution in [0.2, 0.25) is 0 Å². The van der Waals surface area contributed by atoms with Crippen LogP contribution >= 0.6 is 11.5 Å². The molecule has 0 saturated carbocycles. The van der Waals surface area contributed by atoms with Gasteiger partial charge in [0.2, 0.25) is 0 Å². The number of nitrogens with zero attached hydrogens (tertiary/aromatic N) is 3. The lowest BCUT2D eigenvalue weighted by Gasteiger charge is -2.14. The highest BCUT2D eigenvalue weighted by atomic mass is 32.1. The maximum Gasteiger partial charge on any atom is 0.431 e. The van der Waals surface area contributed by atoms with E-state index in [0.717, 1.165) is 24.6 Å². The predicted octanol–water partition coefficient (Wildman–Crippen LogP) is 3.65. The largest absolute Gasteiger partial charge is 0.431 e. The fourth-order valence-electron chi connectivity index (χ4n) is 2.85. The molecule has 0 aliphatic carbocycles. The number of fused-ring (bicyclic) bond motifs is 1. The third-order valence-corrected chi connectivity index (χ3v) is 5.20. The summed E-state index contributed by atoms with van der Waals surface area (Å²) in [5.41, 5.74) is -2.61. The van der Waals surface area contributed by atoms with Crippen molar-refractivity contribution in [1.82, 2.24) is 13.5 Å². The minimum atomic E-state index is -4.80. The molecule has 6 nitrogen and oxygen atoms in total. The first-order valence-corrected chi connectivity index (χ1v) is 9.49. The second kappa shape index (κ2) is 8.34. The van der Waals surface area contributed by atoms with E-state index in [1.54, 1.807) is 18.2 Å². The molecule has 1 aromatic carbocycles. The van der Waals surface area contributed by atoms with Gasteiger partial charge in [-0.3, -0.25) is 9.36 Å². The van der Waals surface area contributed by atoms with E-state index in [1.807, 2.05) is 0 Å². The molecule has 3 aromatic rings. The van der Waals surface area contributed by atoms with Crippen molar-refractivity contribution in [2.24, 2.45) is 7.05 Å². The maximum absolute atomic E-state index is 13.0. The monoisotopic (exact) mass is 425 g/mol. The molecule has 0 spiro atoms. The summed E-state index contributed by atoms with van der Waals surface area (Å²) in [6, 6.07) is 5.16. The summed E-state index contributed by atoms with van der Waals surface area (Å²) >= 11 is 1.24. The number of aromatic nitrogens is 3. The van der Waals surface area contributed by atoms with E-state index in [4.69, 9.17) is 4.74 Å². The Bertz CT molecular complexity index is 1160. The zero-order valence-electron chi connectivity index (χ0n) is 15.5. The third-order valence-electron chi connectivity index (χ3n) is 4.33. The fourth-order valence-corrected chi connectivity index (χ4v) is 3.62. The van der Waals surface area contributed by atoms with E-state index in [0.29, 0.717) is 32.9 Å². The van der Waals surface area contributed by atoms with Gasteiger partial charge in [0, 0.05) is 25.1 Å². The van der Waals surface area contributed by atoms with Crippen LogP contribution in [0.1, 0.15) is 24.2 Å². The molecule has 0 aliphatic heterocycles. The number of halogens is 3.